The molecule has 0 fully saturated rings. The molecule has 3 rings (SSSR count). The molecule has 0 aliphatic carbocycles. The van der Waals surface area contributed by atoms with Crippen molar-refractivity contribution in [2.75, 3.05) is 13.6 Å². The number of rotatable bonds is 9. The van der Waals surface area contributed by atoms with E-state index < -0.39 is 18.1 Å². The Labute approximate surface area is 229 Å². The molecule has 12 heteroatoms. The number of ether oxygens (including phenoxy) is 1. The number of carboxylic acids is 2. The van der Waals surface area contributed by atoms with Crippen molar-refractivity contribution in [3.05, 3.63) is 64.9 Å². The normalized spacial score (nSPS) is 11.2. The number of hydrogen-bond donors (Lipinski definition) is 2. The van der Waals surface area contributed by atoms with E-state index in [4.69, 9.17) is 31.3 Å². The number of hydrogen-bond acceptors (Lipinski definition) is 6. The molecule has 0 saturated heterocycles. The molecule has 1 heterocycles. The van der Waals surface area contributed by atoms with Gasteiger partial charge in [0.05, 0.1) is 17.7 Å². The molecule has 0 bridgehead atoms. The summed E-state index contributed by atoms with van der Waals surface area (Å²) in [6, 6.07) is 11.6. The van der Waals surface area contributed by atoms with Crippen molar-refractivity contribution >= 4 is 23.5 Å². The lowest BCUT2D eigenvalue weighted by Crippen LogP contribution is -2.25. The molecule has 0 spiro atoms. The Hall–Kier alpha value is -3.70. The van der Waals surface area contributed by atoms with Gasteiger partial charge in [-0.25, -0.2) is 14.8 Å². The molecule has 0 atom stereocenters. The van der Waals surface area contributed by atoms with Crippen LogP contribution in [0.2, 0.25) is 5.02 Å². The molecular weight excluding hydrogens is 539 g/mol. The Bertz CT molecular complexity index is 1280. The molecule has 39 heavy (non-hydrogen) atoms. The van der Waals surface area contributed by atoms with E-state index in [9.17, 15) is 18.0 Å². The number of likely N-dealkylation sites (N-methyl/N-ethyl adjacent to an activating group) is 1. The highest BCUT2D eigenvalue weighted by Gasteiger charge is 2.38. The standard InChI is InChI=1S/C25H28ClN3O3.C2HF3O2/c1-5-20-18(14-29(4)15-24(30)31)7-6-8-21(20)19-12-27-25(28-13-19)17-9-10-23(22(26)11-17)32-16(2)3;3-2(4,5)1(6)7/h6-13,16H,5,14-15H2,1-4H3,(H,30,31);(H,6,7). The molecule has 2 N–H and O–H groups in total. The predicted molar refractivity (Wildman–Crippen MR) is 141 cm³/mol. The van der Waals surface area contributed by atoms with Crippen molar-refractivity contribution in [1.82, 2.24) is 14.9 Å². The summed E-state index contributed by atoms with van der Waals surface area (Å²) in [5.41, 5.74) is 5.06. The first-order valence-electron chi connectivity index (χ1n) is 11.8. The number of nitrogens with zero attached hydrogens (tertiary/aromatic N) is 3. The zero-order valence-corrected chi connectivity index (χ0v) is 22.5. The predicted octanol–water partition coefficient (Wildman–Crippen LogP) is 5.96. The molecular formula is C27H29ClF3N3O5. The SMILES string of the molecule is CCc1c(CN(C)CC(=O)O)cccc1-c1cnc(-c2ccc(OC(C)C)c(Cl)c2)nc1.O=C(O)C(F)(F)F. The maximum absolute atomic E-state index is 11.0. The van der Waals surface area contributed by atoms with Crippen molar-refractivity contribution in [3.63, 3.8) is 0 Å². The second kappa shape index (κ2) is 13.9. The van der Waals surface area contributed by atoms with E-state index in [0.717, 1.165) is 28.7 Å². The van der Waals surface area contributed by atoms with Crippen LogP contribution in [-0.4, -0.2) is 62.9 Å². The van der Waals surface area contributed by atoms with Crippen molar-refractivity contribution in [2.24, 2.45) is 0 Å². The van der Waals surface area contributed by atoms with Crippen LogP contribution >= 0.6 is 11.6 Å². The summed E-state index contributed by atoms with van der Waals surface area (Å²) in [5, 5.41) is 16.7. The van der Waals surface area contributed by atoms with Gasteiger partial charge in [-0.2, -0.15) is 13.2 Å². The Morgan fingerprint density at radius 1 is 1.08 bits per heavy atom. The van der Waals surface area contributed by atoms with Gasteiger partial charge in [-0.3, -0.25) is 9.69 Å². The molecule has 8 nitrogen and oxygen atoms in total. The third-order valence-electron chi connectivity index (χ3n) is 5.23. The van der Waals surface area contributed by atoms with Gasteiger partial charge >= 0.3 is 18.1 Å². The molecule has 1 aromatic heterocycles. The van der Waals surface area contributed by atoms with Gasteiger partial charge in [0.25, 0.3) is 0 Å². The number of carboxylic acid groups (broad SMARTS) is 2. The molecule has 2 aromatic carbocycles. The first-order chi connectivity index (χ1) is 18.2. The summed E-state index contributed by atoms with van der Waals surface area (Å²) in [7, 11) is 1.81. The first-order valence-corrected chi connectivity index (χ1v) is 12.2. The highest BCUT2D eigenvalue weighted by molar-refractivity contribution is 6.32. The van der Waals surface area contributed by atoms with Gasteiger partial charge < -0.3 is 14.9 Å². The van der Waals surface area contributed by atoms with E-state index in [1.54, 1.807) is 11.9 Å². The Kier molecular flexibility index (Phi) is 11.2. The smallest absolute Gasteiger partial charge is 0.489 e. The van der Waals surface area contributed by atoms with Gasteiger partial charge in [0.15, 0.2) is 5.82 Å². The van der Waals surface area contributed by atoms with E-state index in [1.165, 1.54) is 5.56 Å². The number of carbonyl (C=O) groups is 2. The monoisotopic (exact) mass is 567 g/mol. The highest BCUT2D eigenvalue weighted by Crippen LogP contribution is 2.31. The average Bonchev–Trinajstić information content (AvgIpc) is 2.84. The van der Waals surface area contributed by atoms with E-state index in [2.05, 4.69) is 16.9 Å². The Morgan fingerprint density at radius 3 is 2.18 bits per heavy atom. The van der Waals surface area contributed by atoms with Crippen LogP contribution in [0, 0.1) is 0 Å². The maximum atomic E-state index is 11.0. The maximum Gasteiger partial charge on any atom is 0.490 e. The second-order valence-electron chi connectivity index (χ2n) is 8.77. The van der Waals surface area contributed by atoms with Gasteiger partial charge in [0.1, 0.15) is 5.75 Å². The first kappa shape index (κ1) is 31.5. The summed E-state index contributed by atoms with van der Waals surface area (Å²) in [5.74, 6) is -2.37. The minimum Gasteiger partial charge on any atom is -0.489 e. The number of halogens is 4. The zero-order chi connectivity index (χ0) is 29.3. The Morgan fingerprint density at radius 2 is 1.69 bits per heavy atom. The summed E-state index contributed by atoms with van der Waals surface area (Å²) >= 11 is 6.36. The van der Waals surface area contributed by atoms with Gasteiger partial charge in [-0.05, 0) is 62.2 Å². The number of aromatic nitrogens is 2. The lowest BCUT2D eigenvalue weighted by molar-refractivity contribution is -0.192. The van der Waals surface area contributed by atoms with Crippen LogP contribution < -0.4 is 4.74 Å². The summed E-state index contributed by atoms with van der Waals surface area (Å²) < 4.78 is 37.4. The van der Waals surface area contributed by atoms with Crippen molar-refractivity contribution in [1.29, 1.82) is 0 Å². The molecule has 0 aliphatic rings. The largest absolute Gasteiger partial charge is 0.490 e. The van der Waals surface area contributed by atoms with Crippen LogP contribution in [0.15, 0.2) is 48.8 Å². The third kappa shape index (κ3) is 9.52. The molecule has 0 saturated carbocycles. The Balaban J connectivity index is 0.000000673. The lowest BCUT2D eigenvalue weighted by atomic mass is 9.95. The fraction of sp³-hybridized carbons (Fsp3) is 0.333. The zero-order valence-electron chi connectivity index (χ0n) is 21.8. The summed E-state index contributed by atoms with van der Waals surface area (Å²) in [4.78, 5) is 30.8. The molecule has 0 aliphatic heterocycles. The van der Waals surface area contributed by atoms with Crippen LogP contribution in [0.4, 0.5) is 13.2 Å². The van der Waals surface area contributed by atoms with Gasteiger partial charge in [0.2, 0.25) is 0 Å². The topological polar surface area (TPSA) is 113 Å². The minimum absolute atomic E-state index is 0.00521. The van der Waals surface area contributed by atoms with Crippen molar-refractivity contribution in [2.45, 2.75) is 46.0 Å². The molecule has 3 aromatic rings. The fourth-order valence-corrected chi connectivity index (χ4v) is 3.88. The number of alkyl halides is 3. The average molecular weight is 568 g/mol. The number of benzene rings is 2. The molecule has 0 unspecified atom stereocenters. The second-order valence-corrected chi connectivity index (χ2v) is 9.18. The molecule has 0 amide bonds. The van der Waals surface area contributed by atoms with E-state index in [1.807, 2.05) is 62.6 Å². The highest BCUT2D eigenvalue weighted by atomic mass is 35.5. The third-order valence-corrected chi connectivity index (χ3v) is 5.53. The van der Waals surface area contributed by atoms with Crippen LogP contribution in [0.1, 0.15) is 31.9 Å². The van der Waals surface area contributed by atoms with Crippen LogP contribution in [0.3, 0.4) is 0 Å². The molecule has 210 valence electrons. The van der Waals surface area contributed by atoms with Gasteiger partial charge in [0, 0.05) is 30.1 Å². The van der Waals surface area contributed by atoms with Gasteiger partial charge in [-0.15, -0.1) is 0 Å². The summed E-state index contributed by atoms with van der Waals surface area (Å²) in [6.07, 6.45) is -0.593. The molecule has 0 radical (unpaired) electrons. The summed E-state index contributed by atoms with van der Waals surface area (Å²) in [6.45, 7) is 6.56. The lowest BCUT2D eigenvalue weighted by Gasteiger charge is -2.19. The van der Waals surface area contributed by atoms with Crippen LogP contribution in [0.5, 0.6) is 5.75 Å². The minimum atomic E-state index is -5.08. The van der Waals surface area contributed by atoms with Crippen LogP contribution in [0.25, 0.3) is 22.5 Å². The van der Waals surface area contributed by atoms with E-state index in [0.29, 0.717) is 23.1 Å². The fourth-order valence-electron chi connectivity index (χ4n) is 3.65. The van der Waals surface area contributed by atoms with Crippen molar-refractivity contribution in [3.8, 4) is 28.3 Å². The van der Waals surface area contributed by atoms with Crippen molar-refractivity contribution < 1.29 is 37.7 Å². The van der Waals surface area contributed by atoms with Gasteiger partial charge in [-0.1, -0.05) is 36.7 Å². The number of aliphatic carboxylic acids is 2. The van der Waals surface area contributed by atoms with Crippen LogP contribution in [-0.2, 0) is 22.6 Å². The van der Waals surface area contributed by atoms with E-state index in [-0.39, 0.29) is 12.6 Å². The quantitative estimate of drug-likeness (QED) is 0.325. The van der Waals surface area contributed by atoms with E-state index >= 15 is 0 Å².